The Hall–Kier alpha value is -2.85. The zero-order valence-corrected chi connectivity index (χ0v) is 17.5. The number of sulfonamides is 1. The molecule has 1 unspecified atom stereocenters. The molecule has 1 amide bonds. The summed E-state index contributed by atoms with van der Waals surface area (Å²) < 4.78 is 31.3. The normalized spacial score (nSPS) is 12.1. The maximum atomic E-state index is 12.9. The van der Waals surface area contributed by atoms with E-state index >= 15 is 0 Å². The van der Waals surface area contributed by atoms with E-state index in [-0.39, 0.29) is 34.3 Å². The quantitative estimate of drug-likeness (QED) is 0.495. The van der Waals surface area contributed by atoms with Crippen LogP contribution in [0.5, 0.6) is 5.75 Å². The summed E-state index contributed by atoms with van der Waals surface area (Å²) in [4.78, 5) is 23.3. The fourth-order valence-corrected chi connectivity index (χ4v) is 4.17. The summed E-state index contributed by atoms with van der Waals surface area (Å²) >= 11 is 6.03. The SMILES string of the molecule is CCC(C(=O)Nc1cccc([N+](=O)[O-])c1)N(c1cc(Cl)ccc1OC)S(C)(=O)=O. The number of nitro benzene ring substituents is 1. The van der Waals surface area contributed by atoms with Crippen molar-refractivity contribution in [2.24, 2.45) is 0 Å². The number of carbonyl (C=O) groups excluding carboxylic acids is 1. The molecule has 0 aliphatic heterocycles. The molecule has 2 aromatic rings. The number of halogens is 1. The highest BCUT2D eigenvalue weighted by Crippen LogP contribution is 2.35. The van der Waals surface area contributed by atoms with Crippen LogP contribution in [0.2, 0.25) is 5.02 Å². The Bertz CT molecular complexity index is 1030. The molecule has 1 atom stereocenters. The van der Waals surface area contributed by atoms with Crippen LogP contribution in [-0.2, 0) is 14.8 Å². The Balaban J connectivity index is 2.47. The third-order valence-electron chi connectivity index (χ3n) is 4.03. The van der Waals surface area contributed by atoms with Crippen molar-refractivity contribution in [3.8, 4) is 5.75 Å². The molecule has 0 aliphatic rings. The summed E-state index contributed by atoms with van der Waals surface area (Å²) in [6, 6.07) is 8.66. The lowest BCUT2D eigenvalue weighted by molar-refractivity contribution is -0.384. The van der Waals surface area contributed by atoms with Gasteiger partial charge in [0.15, 0.2) is 0 Å². The highest BCUT2D eigenvalue weighted by atomic mass is 35.5. The minimum Gasteiger partial charge on any atom is -0.495 e. The van der Waals surface area contributed by atoms with Gasteiger partial charge in [0, 0.05) is 22.8 Å². The van der Waals surface area contributed by atoms with Crippen molar-refractivity contribution in [1.29, 1.82) is 0 Å². The topological polar surface area (TPSA) is 119 Å². The fraction of sp³-hybridized carbons (Fsp3) is 0.278. The van der Waals surface area contributed by atoms with Crippen molar-refractivity contribution in [3.05, 3.63) is 57.6 Å². The van der Waals surface area contributed by atoms with Gasteiger partial charge in [-0.15, -0.1) is 0 Å². The number of non-ortho nitro benzene ring substituents is 1. The summed E-state index contributed by atoms with van der Waals surface area (Å²) in [5, 5.41) is 13.7. The van der Waals surface area contributed by atoms with E-state index in [1.807, 2.05) is 0 Å². The molecule has 2 aromatic carbocycles. The molecular formula is C18H20ClN3O6S. The molecule has 29 heavy (non-hydrogen) atoms. The summed E-state index contributed by atoms with van der Waals surface area (Å²) in [5.74, 6) is -0.429. The van der Waals surface area contributed by atoms with Crippen LogP contribution in [0.1, 0.15) is 13.3 Å². The number of carbonyl (C=O) groups is 1. The van der Waals surface area contributed by atoms with E-state index in [9.17, 15) is 23.3 Å². The van der Waals surface area contributed by atoms with E-state index in [1.54, 1.807) is 6.92 Å². The minimum absolute atomic E-state index is 0.114. The fourth-order valence-electron chi connectivity index (χ4n) is 2.79. The zero-order valence-electron chi connectivity index (χ0n) is 16.0. The third kappa shape index (κ3) is 5.36. The Labute approximate surface area is 173 Å². The second-order valence-corrected chi connectivity index (χ2v) is 8.39. The van der Waals surface area contributed by atoms with Gasteiger partial charge < -0.3 is 10.1 Å². The first-order chi connectivity index (χ1) is 13.6. The van der Waals surface area contributed by atoms with E-state index in [0.717, 1.165) is 10.6 Å². The van der Waals surface area contributed by atoms with Crippen LogP contribution >= 0.6 is 11.6 Å². The molecule has 0 bridgehead atoms. The van der Waals surface area contributed by atoms with Gasteiger partial charge in [-0.2, -0.15) is 0 Å². The smallest absolute Gasteiger partial charge is 0.271 e. The van der Waals surface area contributed by atoms with Gasteiger partial charge in [0.25, 0.3) is 5.69 Å². The summed E-state index contributed by atoms with van der Waals surface area (Å²) in [5.41, 5.74) is 0.0880. The lowest BCUT2D eigenvalue weighted by Gasteiger charge is -2.31. The molecule has 0 aromatic heterocycles. The van der Waals surface area contributed by atoms with E-state index in [1.165, 1.54) is 49.6 Å². The number of methoxy groups -OCH3 is 1. The summed E-state index contributed by atoms with van der Waals surface area (Å²) in [6.45, 7) is 1.65. The van der Waals surface area contributed by atoms with Gasteiger partial charge >= 0.3 is 0 Å². The van der Waals surface area contributed by atoms with Crippen molar-refractivity contribution < 1.29 is 22.9 Å². The molecule has 0 radical (unpaired) electrons. The maximum Gasteiger partial charge on any atom is 0.271 e. The Morgan fingerprint density at radius 3 is 2.55 bits per heavy atom. The van der Waals surface area contributed by atoms with Crippen LogP contribution in [0.4, 0.5) is 17.1 Å². The van der Waals surface area contributed by atoms with Crippen LogP contribution in [0.3, 0.4) is 0 Å². The number of rotatable bonds is 8. The lowest BCUT2D eigenvalue weighted by Crippen LogP contribution is -2.47. The van der Waals surface area contributed by atoms with Gasteiger partial charge in [-0.3, -0.25) is 19.2 Å². The van der Waals surface area contributed by atoms with E-state index in [2.05, 4.69) is 5.32 Å². The largest absolute Gasteiger partial charge is 0.495 e. The molecule has 0 saturated heterocycles. The number of nitro groups is 1. The first-order valence-corrected chi connectivity index (χ1v) is 10.7. The first kappa shape index (κ1) is 22.4. The second-order valence-electron chi connectivity index (χ2n) is 6.10. The molecular weight excluding hydrogens is 422 g/mol. The molecule has 0 saturated carbocycles. The number of hydrogen-bond donors (Lipinski definition) is 1. The number of nitrogens with zero attached hydrogens (tertiary/aromatic N) is 2. The van der Waals surface area contributed by atoms with Crippen LogP contribution in [0.15, 0.2) is 42.5 Å². The Kier molecular flexibility index (Phi) is 7.04. The minimum atomic E-state index is -3.91. The molecule has 2 rings (SSSR count). The maximum absolute atomic E-state index is 12.9. The number of nitrogens with one attached hydrogen (secondary N) is 1. The van der Waals surface area contributed by atoms with Crippen LogP contribution < -0.4 is 14.4 Å². The standard InChI is InChI=1S/C18H20ClN3O6S/c1-4-15(18(23)20-13-6-5-7-14(11-13)22(24)25)21(29(3,26)27)16-10-12(19)8-9-17(16)28-2/h5-11,15H,4H2,1-3H3,(H,20,23). The van der Waals surface area contributed by atoms with Crippen molar-refractivity contribution in [1.82, 2.24) is 0 Å². The van der Waals surface area contributed by atoms with Crippen molar-refractivity contribution >= 4 is 44.6 Å². The van der Waals surface area contributed by atoms with Gasteiger partial charge in [-0.1, -0.05) is 24.6 Å². The van der Waals surface area contributed by atoms with Crippen molar-refractivity contribution in [3.63, 3.8) is 0 Å². The second kappa shape index (κ2) is 9.10. The predicted molar refractivity (Wildman–Crippen MR) is 111 cm³/mol. The van der Waals surface area contributed by atoms with Gasteiger partial charge in [-0.05, 0) is 30.7 Å². The van der Waals surface area contributed by atoms with Crippen LogP contribution in [0.25, 0.3) is 0 Å². The van der Waals surface area contributed by atoms with Crippen molar-refractivity contribution in [2.75, 3.05) is 23.0 Å². The molecule has 11 heteroatoms. The Morgan fingerprint density at radius 1 is 1.31 bits per heavy atom. The van der Waals surface area contributed by atoms with Gasteiger partial charge in [-0.25, -0.2) is 8.42 Å². The van der Waals surface area contributed by atoms with E-state index in [0.29, 0.717) is 0 Å². The third-order valence-corrected chi connectivity index (χ3v) is 5.43. The molecule has 0 fully saturated rings. The molecule has 0 spiro atoms. The van der Waals surface area contributed by atoms with Gasteiger partial charge in [0.2, 0.25) is 15.9 Å². The van der Waals surface area contributed by atoms with Crippen LogP contribution in [-0.4, -0.2) is 38.7 Å². The van der Waals surface area contributed by atoms with Crippen LogP contribution in [0, 0.1) is 10.1 Å². The number of ether oxygens (including phenoxy) is 1. The number of benzene rings is 2. The summed E-state index contributed by atoms with van der Waals surface area (Å²) in [7, 11) is -2.54. The molecule has 0 aliphatic carbocycles. The lowest BCUT2D eigenvalue weighted by atomic mass is 10.1. The monoisotopic (exact) mass is 441 g/mol. The summed E-state index contributed by atoms with van der Waals surface area (Å²) in [6.07, 6.45) is 1.10. The van der Waals surface area contributed by atoms with Gasteiger partial charge in [0.05, 0.1) is 24.0 Å². The molecule has 1 N–H and O–H groups in total. The highest BCUT2D eigenvalue weighted by molar-refractivity contribution is 7.92. The number of hydrogen-bond acceptors (Lipinski definition) is 6. The van der Waals surface area contributed by atoms with E-state index in [4.69, 9.17) is 16.3 Å². The average molecular weight is 442 g/mol. The van der Waals surface area contributed by atoms with Gasteiger partial charge in [0.1, 0.15) is 11.8 Å². The zero-order chi connectivity index (χ0) is 21.8. The predicted octanol–water partition coefficient (Wildman–Crippen LogP) is 3.44. The molecule has 9 nitrogen and oxygen atoms in total. The molecule has 156 valence electrons. The van der Waals surface area contributed by atoms with E-state index < -0.39 is 26.9 Å². The first-order valence-electron chi connectivity index (χ1n) is 8.46. The average Bonchev–Trinajstić information content (AvgIpc) is 2.65. The van der Waals surface area contributed by atoms with Crippen molar-refractivity contribution in [2.45, 2.75) is 19.4 Å². The molecule has 0 heterocycles. The Morgan fingerprint density at radius 2 is 2.00 bits per heavy atom. The highest BCUT2D eigenvalue weighted by Gasteiger charge is 2.33. The number of amides is 1. The number of anilines is 2.